The second-order valence-corrected chi connectivity index (χ2v) is 6.96. The molecule has 0 aromatic heterocycles. The number of ether oxygens (including phenoxy) is 2. The van der Waals surface area contributed by atoms with Crippen LogP contribution in [-0.4, -0.2) is 44.1 Å². The van der Waals surface area contributed by atoms with Crippen molar-refractivity contribution in [2.75, 3.05) is 32.6 Å². The summed E-state index contributed by atoms with van der Waals surface area (Å²) in [7, 11) is 3.01. The summed E-state index contributed by atoms with van der Waals surface area (Å²) in [6.07, 6.45) is 1.62. The lowest BCUT2D eigenvalue weighted by atomic mass is 9.95. The van der Waals surface area contributed by atoms with Crippen LogP contribution in [0.1, 0.15) is 28.8 Å². The van der Waals surface area contributed by atoms with Crippen LogP contribution in [0.3, 0.4) is 0 Å². The van der Waals surface area contributed by atoms with Gasteiger partial charge in [0.2, 0.25) is 5.91 Å². The molecule has 6 nitrogen and oxygen atoms in total. The summed E-state index contributed by atoms with van der Waals surface area (Å²) in [5.74, 6) is 0.425. The number of nitrogens with one attached hydrogen (secondary N) is 1. The first-order chi connectivity index (χ1) is 13.6. The van der Waals surface area contributed by atoms with Crippen LogP contribution in [0.15, 0.2) is 48.5 Å². The largest absolute Gasteiger partial charge is 0.497 e. The number of esters is 1. The van der Waals surface area contributed by atoms with Crippen LogP contribution in [-0.2, 0) is 16.1 Å². The molecule has 1 N–H and O–H groups in total. The summed E-state index contributed by atoms with van der Waals surface area (Å²) in [5.41, 5.74) is 2.25. The first kappa shape index (κ1) is 19.9. The number of methoxy groups -OCH3 is 2. The summed E-state index contributed by atoms with van der Waals surface area (Å²) < 4.78 is 10.0. The van der Waals surface area contributed by atoms with Gasteiger partial charge in [-0.1, -0.05) is 18.2 Å². The van der Waals surface area contributed by atoms with Crippen molar-refractivity contribution >= 4 is 17.6 Å². The van der Waals surface area contributed by atoms with E-state index in [1.807, 2.05) is 18.2 Å². The Labute approximate surface area is 165 Å². The van der Waals surface area contributed by atoms with Gasteiger partial charge in [-0.05, 0) is 61.8 Å². The minimum absolute atomic E-state index is 0.00282. The van der Waals surface area contributed by atoms with Crippen LogP contribution in [0.2, 0.25) is 0 Å². The highest BCUT2D eigenvalue weighted by molar-refractivity contribution is 5.95. The molecule has 0 atom stereocenters. The molecule has 2 aromatic carbocycles. The second kappa shape index (κ2) is 9.37. The summed E-state index contributed by atoms with van der Waals surface area (Å²) in [6, 6.07) is 14.9. The van der Waals surface area contributed by atoms with E-state index in [1.165, 1.54) is 12.7 Å². The zero-order valence-corrected chi connectivity index (χ0v) is 16.3. The van der Waals surface area contributed by atoms with Crippen molar-refractivity contribution < 1.29 is 19.1 Å². The quantitative estimate of drug-likeness (QED) is 0.776. The molecule has 148 valence electrons. The molecule has 1 aliphatic rings. The number of anilines is 1. The molecule has 0 unspecified atom stereocenters. The number of carbonyl (C=O) groups is 2. The Morgan fingerprint density at radius 3 is 2.54 bits per heavy atom. The summed E-state index contributed by atoms with van der Waals surface area (Å²) in [6.45, 7) is 2.60. The minimum atomic E-state index is -0.415. The lowest BCUT2D eigenvalue weighted by Crippen LogP contribution is -2.37. The molecular weight excluding hydrogens is 356 g/mol. The van der Waals surface area contributed by atoms with E-state index < -0.39 is 5.97 Å². The molecule has 1 aliphatic heterocycles. The molecule has 1 saturated heterocycles. The maximum atomic E-state index is 12.6. The van der Waals surface area contributed by atoms with Crippen LogP contribution in [0.5, 0.6) is 5.75 Å². The predicted octanol–water partition coefficient (Wildman–Crippen LogP) is 3.33. The van der Waals surface area contributed by atoms with Gasteiger partial charge in [-0.25, -0.2) is 4.79 Å². The molecule has 1 fully saturated rings. The van der Waals surface area contributed by atoms with Gasteiger partial charge in [0.25, 0.3) is 0 Å². The number of benzene rings is 2. The number of likely N-dealkylation sites (tertiary alicyclic amines) is 1. The fraction of sp³-hybridized carbons (Fsp3) is 0.364. The molecule has 0 saturated carbocycles. The van der Waals surface area contributed by atoms with Crippen molar-refractivity contribution in [3.8, 4) is 5.75 Å². The topological polar surface area (TPSA) is 67.9 Å². The average Bonchev–Trinajstić information content (AvgIpc) is 2.74. The minimum Gasteiger partial charge on any atom is -0.497 e. The summed E-state index contributed by atoms with van der Waals surface area (Å²) in [5, 5.41) is 2.93. The second-order valence-electron chi connectivity index (χ2n) is 6.96. The van der Waals surface area contributed by atoms with Gasteiger partial charge in [0.15, 0.2) is 0 Å². The monoisotopic (exact) mass is 382 g/mol. The molecule has 3 rings (SSSR count). The van der Waals surface area contributed by atoms with Crippen molar-refractivity contribution in [2.24, 2.45) is 5.92 Å². The maximum Gasteiger partial charge on any atom is 0.337 e. The molecule has 1 heterocycles. The Morgan fingerprint density at radius 2 is 1.82 bits per heavy atom. The van der Waals surface area contributed by atoms with E-state index in [9.17, 15) is 9.59 Å². The third-order valence-corrected chi connectivity index (χ3v) is 5.05. The maximum absolute atomic E-state index is 12.6. The van der Waals surface area contributed by atoms with Crippen molar-refractivity contribution in [3.63, 3.8) is 0 Å². The number of hydrogen-bond acceptors (Lipinski definition) is 5. The van der Waals surface area contributed by atoms with Gasteiger partial charge >= 0.3 is 5.97 Å². The van der Waals surface area contributed by atoms with E-state index in [0.717, 1.165) is 38.2 Å². The SMILES string of the molecule is COC(=O)c1cccc(NC(=O)C2CCN(Cc3cccc(OC)c3)CC2)c1. The molecule has 0 radical (unpaired) electrons. The number of amides is 1. The van der Waals surface area contributed by atoms with Gasteiger partial charge < -0.3 is 14.8 Å². The van der Waals surface area contributed by atoms with E-state index in [2.05, 4.69) is 16.3 Å². The van der Waals surface area contributed by atoms with E-state index >= 15 is 0 Å². The Kier molecular flexibility index (Phi) is 6.66. The van der Waals surface area contributed by atoms with Crippen LogP contribution >= 0.6 is 0 Å². The number of nitrogens with zero attached hydrogens (tertiary/aromatic N) is 1. The molecule has 0 aliphatic carbocycles. The zero-order valence-electron chi connectivity index (χ0n) is 16.3. The van der Waals surface area contributed by atoms with Gasteiger partial charge in [0.1, 0.15) is 5.75 Å². The van der Waals surface area contributed by atoms with E-state index in [-0.39, 0.29) is 11.8 Å². The van der Waals surface area contributed by atoms with Crippen molar-refractivity contribution in [3.05, 3.63) is 59.7 Å². The molecule has 0 spiro atoms. The predicted molar refractivity (Wildman–Crippen MR) is 107 cm³/mol. The van der Waals surface area contributed by atoms with E-state index in [4.69, 9.17) is 9.47 Å². The lowest BCUT2D eigenvalue weighted by Gasteiger charge is -2.31. The molecular formula is C22H26N2O4. The first-order valence-corrected chi connectivity index (χ1v) is 9.43. The van der Waals surface area contributed by atoms with Crippen LogP contribution < -0.4 is 10.1 Å². The van der Waals surface area contributed by atoms with E-state index in [0.29, 0.717) is 11.3 Å². The number of piperidine rings is 1. The Hall–Kier alpha value is -2.86. The normalized spacial score (nSPS) is 15.1. The molecule has 1 amide bonds. The number of carbonyl (C=O) groups excluding carboxylic acids is 2. The smallest absolute Gasteiger partial charge is 0.337 e. The number of hydrogen-bond donors (Lipinski definition) is 1. The van der Waals surface area contributed by atoms with Crippen LogP contribution in [0.4, 0.5) is 5.69 Å². The zero-order chi connectivity index (χ0) is 19.9. The third-order valence-electron chi connectivity index (χ3n) is 5.05. The van der Waals surface area contributed by atoms with Crippen molar-refractivity contribution in [1.82, 2.24) is 4.90 Å². The third kappa shape index (κ3) is 5.10. The fourth-order valence-corrected chi connectivity index (χ4v) is 3.47. The Balaban J connectivity index is 1.51. The van der Waals surface area contributed by atoms with E-state index in [1.54, 1.807) is 31.4 Å². The fourth-order valence-electron chi connectivity index (χ4n) is 3.47. The first-order valence-electron chi connectivity index (χ1n) is 9.43. The van der Waals surface area contributed by atoms with Gasteiger partial charge in [-0.15, -0.1) is 0 Å². The highest BCUT2D eigenvalue weighted by Crippen LogP contribution is 2.22. The van der Waals surface area contributed by atoms with Crippen molar-refractivity contribution in [1.29, 1.82) is 0 Å². The Bertz CT molecular complexity index is 829. The molecule has 0 bridgehead atoms. The average molecular weight is 382 g/mol. The van der Waals surface area contributed by atoms with Gasteiger partial charge in [-0.2, -0.15) is 0 Å². The highest BCUT2D eigenvalue weighted by Gasteiger charge is 2.25. The Morgan fingerprint density at radius 1 is 1.07 bits per heavy atom. The highest BCUT2D eigenvalue weighted by atomic mass is 16.5. The van der Waals surface area contributed by atoms with Gasteiger partial charge in [-0.3, -0.25) is 9.69 Å². The summed E-state index contributed by atoms with van der Waals surface area (Å²) in [4.78, 5) is 26.6. The lowest BCUT2D eigenvalue weighted by molar-refractivity contribution is -0.121. The standard InChI is InChI=1S/C22H26N2O4/c1-27-20-8-3-5-16(13-20)15-24-11-9-17(10-12-24)21(25)23-19-7-4-6-18(14-19)22(26)28-2/h3-8,13-14,17H,9-12,15H2,1-2H3,(H,23,25). The van der Waals surface area contributed by atoms with Crippen molar-refractivity contribution in [2.45, 2.75) is 19.4 Å². The van der Waals surface area contributed by atoms with Crippen LogP contribution in [0, 0.1) is 5.92 Å². The molecule has 28 heavy (non-hydrogen) atoms. The summed E-state index contributed by atoms with van der Waals surface area (Å²) >= 11 is 0. The number of rotatable bonds is 6. The molecule has 6 heteroatoms. The molecule has 2 aromatic rings. The van der Waals surface area contributed by atoms with Crippen LogP contribution in [0.25, 0.3) is 0 Å². The van der Waals surface area contributed by atoms with Gasteiger partial charge in [0, 0.05) is 18.2 Å². The van der Waals surface area contributed by atoms with Gasteiger partial charge in [0.05, 0.1) is 19.8 Å².